The molecule has 0 aliphatic rings. The minimum Gasteiger partial charge on any atom is -1.00 e. The molecule has 0 atom stereocenters. The Kier molecular flexibility index (Phi) is 8.38. The minimum atomic E-state index is -0.413. The number of Topliss-reactive ketones (excluding diaryl/α,β-unsaturated/α-hetero) is 1. The van der Waals surface area contributed by atoms with E-state index in [2.05, 4.69) is 22.1 Å². The van der Waals surface area contributed by atoms with Gasteiger partial charge in [-0.1, -0.05) is 38.0 Å². The second kappa shape index (κ2) is 10.6. The van der Waals surface area contributed by atoms with Crippen molar-refractivity contribution in [1.82, 2.24) is 4.68 Å². The lowest BCUT2D eigenvalue weighted by molar-refractivity contribution is -0.673. The van der Waals surface area contributed by atoms with Crippen molar-refractivity contribution in [2.75, 3.05) is 26.1 Å². The van der Waals surface area contributed by atoms with Crippen molar-refractivity contribution in [1.29, 1.82) is 0 Å². The zero-order valence-corrected chi connectivity index (χ0v) is 21.1. The summed E-state index contributed by atoms with van der Waals surface area (Å²) in [6.07, 6.45) is 5.60. The third-order valence-electron chi connectivity index (χ3n) is 5.12. The van der Waals surface area contributed by atoms with Crippen molar-refractivity contribution in [3.63, 3.8) is 0 Å². The number of hydrogen-bond donors (Lipinski definition) is 0. The normalized spacial score (nSPS) is 11.3. The van der Waals surface area contributed by atoms with Crippen LogP contribution in [0, 0.1) is 5.41 Å². The van der Waals surface area contributed by atoms with Gasteiger partial charge in [-0.2, -0.15) is 0 Å². The van der Waals surface area contributed by atoms with Crippen molar-refractivity contribution in [3.05, 3.63) is 66.5 Å². The highest BCUT2D eigenvalue weighted by atomic mass is 79.9. The highest BCUT2D eigenvalue weighted by Gasteiger charge is 2.27. The fraction of sp³-hybridized carbons (Fsp3) is 0.320. The predicted molar refractivity (Wildman–Crippen MR) is 125 cm³/mol. The average Bonchev–Trinajstić information content (AvgIpc) is 3.14. The average molecular weight is 499 g/mol. The molecule has 0 radical (unpaired) electrons. The number of imidazole rings is 1. The summed E-state index contributed by atoms with van der Waals surface area (Å²) in [5.41, 5.74) is 2.67. The first kappa shape index (κ1) is 25.3. The first-order valence-corrected chi connectivity index (χ1v) is 10.3. The maximum absolute atomic E-state index is 12.7. The standard InChI is InChI=1S/C25H31N4O2.BrH/c1-25(2,3)23(30)18-28-15-16-29(24(28)20-9-13-22(31-6)14-10-20)26-17-19-7-11-21(12-8-19)27(4)5;/h7-17H,18H2,1-6H3;1H/q+1;/p-1. The van der Waals surface area contributed by atoms with E-state index in [4.69, 9.17) is 4.74 Å². The van der Waals surface area contributed by atoms with E-state index in [-0.39, 0.29) is 29.3 Å². The number of ether oxygens (including phenoxy) is 1. The van der Waals surface area contributed by atoms with Gasteiger partial charge in [-0.3, -0.25) is 4.79 Å². The Labute approximate surface area is 200 Å². The van der Waals surface area contributed by atoms with E-state index in [0.29, 0.717) is 0 Å². The molecule has 0 aliphatic carbocycles. The SMILES string of the molecule is COc1ccc(-c2n(N=Cc3ccc(N(C)C)cc3)cc[n+]2CC(=O)C(C)(C)C)cc1.[Br-]. The van der Waals surface area contributed by atoms with Crippen LogP contribution in [0.15, 0.2) is 66.0 Å². The van der Waals surface area contributed by atoms with Crippen LogP contribution < -0.4 is 31.2 Å². The van der Waals surface area contributed by atoms with Gasteiger partial charge in [0.25, 0.3) is 0 Å². The fourth-order valence-electron chi connectivity index (χ4n) is 3.05. The molecule has 0 N–H and O–H groups in total. The molecule has 1 aromatic heterocycles. The zero-order valence-electron chi connectivity index (χ0n) is 19.5. The summed E-state index contributed by atoms with van der Waals surface area (Å²) in [6.45, 7) is 6.10. The highest BCUT2D eigenvalue weighted by molar-refractivity contribution is 5.82. The van der Waals surface area contributed by atoms with E-state index in [0.717, 1.165) is 28.4 Å². The van der Waals surface area contributed by atoms with E-state index < -0.39 is 5.41 Å². The number of benzene rings is 2. The van der Waals surface area contributed by atoms with Crippen LogP contribution >= 0.6 is 0 Å². The number of halogens is 1. The second-order valence-electron chi connectivity index (χ2n) is 8.73. The van der Waals surface area contributed by atoms with Gasteiger partial charge in [0.05, 0.1) is 18.9 Å². The number of carbonyl (C=O) groups is 1. The van der Waals surface area contributed by atoms with Gasteiger partial charge in [0, 0.05) is 25.2 Å². The summed E-state index contributed by atoms with van der Waals surface area (Å²) in [4.78, 5) is 14.8. The highest BCUT2D eigenvalue weighted by Crippen LogP contribution is 2.21. The molecular weight excluding hydrogens is 468 g/mol. The Balaban J connectivity index is 0.00000363. The van der Waals surface area contributed by atoms with Crippen molar-refractivity contribution in [2.45, 2.75) is 27.3 Å². The number of nitrogens with zero attached hydrogens (tertiary/aromatic N) is 4. The molecule has 0 saturated heterocycles. The van der Waals surface area contributed by atoms with Crippen LogP contribution in [-0.4, -0.2) is 37.9 Å². The Bertz CT molecular complexity index is 1060. The van der Waals surface area contributed by atoms with E-state index in [1.54, 1.807) is 11.8 Å². The van der Waals surface area contributed by atoms with Gasteiger partial charge >= 0.3 is 5.82 Å². The Morgan fingerprint density at radius 2 is 1.72 bits per heavy atom. The lowest BCUT2D eigenvalue weighted by Crippen LogP contribution is -3.00. The molecule has 2 aromatic carbocycles. The largest absolute Gasteiger partial charge is 1.00 e. The van der Waals surface area contributed by atoms with Gasteiger partial charge in [0.15, 0.2) is 12.0 Å². The van der Waals surface area contributed by atoms with Gasteiger partial charge in [-0.05, 0) is 42.0 Å². The van der Waals surface area contributed by atoms with Gasteiger partial charge < -0.3 is 26.6 Å². The Morgan fingerprint density at radius 3 is 2.25 bits per heavy atom. The van der Waals surface area contributed by atoms with Crippen LogP contribution in [0.4, 0.5) is 5.69 Å². The van der Waals surface area contributed by atoms with E-state index in [1.165, 1.54) is 0 Å². The quantitative estimate of drug-likeness (QED) is 0.361. The monoisotopic (exact) mass is 498 g/mol. The first-order valence-electron chi connectivity index (χ1n) is 10.3. The zero-order chi connectivity index (χ0) is 22.6. The summed E-state index contributed by atoms with van der Waals surface area (Å²) in [5, 5.41) is 4.67. The molecule has 3 rings (SSSR count). The van der Waals surface area contributed by atoms with Crippen molar-refractivity contribution < 1.29 is 31.1 Å². The van der Waals surface area contributed by atoms with Gasteiger partial charge in [0.2, 0.25) is 0 Å². The molecule has 32 heavy (non-hydrogen) atoms. The number of ketones is 1. The Morgan fingerprint density at radius 1 is 1.09 bits per heavy atom. The van der Waals surface area contributed by atoms with Crippen LogP contribution in [-0.2, 0) is 11.3 Å². The maximum Gasteiger partial charge on any atom is 0.314 e. The molecular formula is C25H31BrN4O2. The van der Waals surface area contributed by atoms with Gasteiger partial charge in [-0.15, -0.1) is 4.68 Å². The van der Waals surface area contributed by atoms with Gasteiger partial charge in [0.1, 0.15) is 18.5 Å². The number of aromatic nitrogens is 2. The molecule has 0 aliphatic heterocycles. The molecule has 170 valence electrons. The predicted octanol–water partition coefficient (Wildman–Crippen LogP) is 1.02. The lowest BCUT2D eigenvalue weighted by atomic mass is 9.91. The number of hydrogen-bond acceptors (Lipinski definition) is 4. The van der Waals surface area contributed by atoms with E-state index in [9.17, 15) is 4.79 Å². The third kappa shape index (κ3) is 6.07. The number of methoxy groups -OCH3 is 1. The van der Waals surface area contributed by atoms with E-state index in [1.807, 2.05) is 94.4 Å². The van der Waals surface area contributed by atoms with Crippen LogP contribution in [0.25, 0.3) is 11.4 Å². The van der Waals surface area contributed by atoms with Crippen molar-refractivity contribution in [2.24, 2.45) is 10.5 Å². The van der Waals surface area contributed by atoms with Crippen LogP contribution in [0.2, 0.25) is 0 Å². The summed E-state index contributed by atoms with van der Waals surface area (Å²) >= 11 is 0. The molecule has 7 heteroatoms. The van der Waals surface area contributed by atoms with Crippen molar-refractivity contribution >= 4 is 17.7 Å². The van der Waals surface area contributed by atoms with Gasteiger partial charge in [-0.25, -0.2) is 4.57 Å². The molecule has 6 nitrogen and oxygen atoms in total. The molecule has 0 unspecified atom stereocenters. The van der Waals surface area contributed by atoms with Crippen LogP contribution in [0.1, 0.15) is 26.3 Å². The fourth-order valence-corrected chi connectivity index (χ4v) is 3.05. The minimum absolute atomic E-state index is 0. The molecule has 1 heterocycles. The molecule has 0 amide bonds. The summed E-state index contributed by atoms with van der Waals surface area (Å²) in [7, 11) is 5.68. The molecule has 0 fully saturated rings. The van der Waals surface area contributed by atoms with Crippen LogP contribution in [0.3, 0.4) is 0 Å². The maximum atomic E-state index is 12.7. The third-order valence-corrected chi connectivity index (χ3v) is 5.12. The molecule has 0 spiro atoms. The molecule has 3 aromatic rings. The second-order valence-corrected chi connectivity index (χ2v) is 8.73. The summed E-state index contributed by atoms with van der Waals surface area (Å²) in [5.74, 6) is 1.78. The Hall–Kier alpha value is -2.93. The molecule has 0 saturated carbocycles. The number of rotatable bonds is 7. The van der Waals surface area contributed by atoms with Crippen LogP contribution in [0.5, 0.6) is 5.75 Å². The number of anilines is 1. The first-order chi connectivity index (χ1) is 14.7. The topological polar surface area (TPSA) is 50.7 Å². The van der Waals surface area contributed by atoms with E-state index >= 15 is 0 Å². The summed E-state index contributed by atoms with van der Waals surface area (Å²) < 4.78 is 9.04. The summed E-state index contributed by atoms with van der Waals surface area (Å²) in [6, 6.07) is 16.0. The lowest BCUT2D eigenvalue weighted by Gasteiger charge is -2.15. The number of carbonyl (C=O) groups excluding carboxylic acids is 1. The van der Waals surface area contributed by atoms with Crippen molar-refractivity contribution in [3.8, 4) is 17.1 Å². The smallest absolute Gasteiger partial charge is 0.314 e. The molecule has 0 bridgehead atoms.